The highest BCUT2D eigenvalue weighted by Gasteiger charge is 2.27. The van der Waals surface area contributed by atoms with Crippen molar-refractivity contribution in [1.82, 2.24) is 15.3 Å². The molecule has 4 rings (SSSR count). The summed E-state index contributed by atoms with van der Waals surface area (Å²) >= 11 is 6.19. The Morgan fingerprint density at radius 2 is 1.81 bits per heavy atom. The maximum atomic E-state index is 12.7. The first-order valence-electron chi connectivity index (χ1n) is 11.0. The topological polar surface area (TPSA) is 67.4 Å². The van der Waals surface area contributed by atoms with Gasteiger partial charge in [-0.3, -0.25) is 4.79 Å². The van der Waals surface area contributed by atoms with E-state index in [9.17, 15) is 4.79 Å². The summed E-state index contributed by atoms with van der Waals surface area (Å²) in [5, 5.41) is 3.69. The summed E-state index contributed by atoms with van der Waals surface area (Å²) < 4.78 is 6.03. The Labute approximate surface area is 193 Å². The Bertz CT molecular complexity index is 1050. The van der Waals surface area contributed by atoms with Gasteiger partial charge in [-0.1, -0.05) is 48.9 Å². The summed E-state index contributed by atoms with van der Waals surface area (Å²) in [5.74, 6) is 1.96. The molecule has 1 aromatic heterocycles. The van der Waals surface area contributed by atoms with Crippen molar-refractivity contribution >= 4 is 23.3 Å². The third-order valence-electron chi connectivity index (χ3n) is 5.77. The number of aromatic nitrogens is 2. The van der Waals surface area contributed by atoms with E-state index in [1.54, 1.807) is 12.4 Å². The first-order valence-corrected chi connectivity index (χ1v) is 11.4. The number of carbonyl (C=O) groups is 1. The van der Waals surface area contributed by atoms with Crippen LogP contribution in [0.25, 0.3) is 0 Å². The molecular weight excluding hydrogens is 424 g/mol. The van der Waals surface area contributed by atoms with Gasteiger partial charge in [0.25, 0.3) is 5.88 Å². The molecule has 7 heteroatoms. The summed E-state index contributed by atoms with van der Waals surface area (Å²) in [7, 11) is 0. The quantitative estimate of drug-likeness (QED) is 0.547. The number of amides is 1. The molecular formula is C25H27ClN4O2. The van der Waals surface area contributed by atoms with Gasteiger partial charge in [0.15, 0.2) is 5.82 Å². The van der Waals surface area contributed by atoms with Gasteiger partial charge in [0.05, 0.1) is 0 Å². The first-order chi connectivity index (χ1) is 15.6. The fourth-order valence-electron chi connectivity index (χ4n) is 3.83. The number of ether oxygens (including phenoxy) is 1. The van der Waals surface area contributed by atoms with E-state index in [-0.39, 0.29) is 11.8 Å². The number of halogens is 1. The molecule has 3 aromatic rings. The predicted octanol–water partition coefficient (Wildman–Crippen LogP) is 5.02. The third-order valence-corrected chi connectivity index (χ3v) is 6.14. The normalized spacial score (nSPS) is 14.2. The molecule has 2 heterocycles. The van der Waals surface area contributed by atoms with Crippen molar-refractivity contribution < 1.29 is 9.53 Å². The zero-order valence-electron chi connectivity index (χ0n) is 18.1. The van der Waals surface area contributed by atoms with Gasteiger partial charge in [-0.15, -0.1) is 0 Å². The maximum absolute atomic E-state index is 12.7. The molecule has 1 fully saturated rings. The SMILES string of the molecule is CCc1ccc(Oc2nccnc2N2CCC(C(=O)NCc3ccccc3Cl)CC2)cc1. The van der Waals surface area contributed by atoms with E-state index >= 15 is 0 Å². The Morgan fingerprint density at radius 1 is 1.09 bits per heavy atom. The number of hydrogen-bond acceptors (Lipinski definition) is 5. The van der Waals surface area contributed by atoms with Crippen LogP contribution < -0.4 is 15.0 Å². The lowest BCUT2D eigenvalue weighted by molar-refractivity contribution is -0.125. The van der Waals surface area contributed by atoms with Gasteiger partial charge >= 0.3 is 0 Å². The number of hydrogen-bond donors (Lipinski definition) is 1. The third kappa shape index (κ3) is 5.37. The second-order valence-electron chi connectivity index (χ2n) is 7.86. The van der Waals surface area contributed by atoms with Gasteiger partial charge in [-0.2, -0.15) is 0 Å². The van der Waals surface area contributed by atoms with Crippen molar-refractivity contribution in [3.63, 3.8) is 0 Å². The van der Waals surface area contributed by atoms with Crippen LogP contribution in [0.4, 0.5) is 5.82 Å². The molecule has 0 unspecified atom stereocenters. The number of nitrogens with zero attached hydrogens (tertiary/aromatic N) is 3. The van der Waals surface area contributed by atoms with Crippen molar-refractivity contribution in [2.24, 2.45) is 5.92 Å². The van der Waals surface area contributed by atoms with Gasteiger partial charge in [-0.05, 0) is 48.6 Å². The maximum Gasteiger partial charge on any atom is 0.263 e. The van der Waals surface area contributed by atoms with Crippen molar-refractivity contribution in [3.05, 3.63) is 77.1 Å². The van der Waals surface area contributed by atoms with Crippen molar-refractivity contribution in [2.75, 3.05) is 18.0 Å². The van der Waals surface area contributed by atoms with Crippen molar-refractivity contribution in [3.8, 4) is 11.6 Å². The van der Waals surface area contributed by atoms with Crippen molar-refractivity contribution in [1.29, 1.82) is 0 Å². The highest BCUT2D eigenvalue weighted by Crippen LogP contribution is 2.31. The molecule has 6 nitrogen and oxygen atoms in total. The lowest BCUT2D eigenvalue weighted by atomic mass is 9.96. The molecule has 1 N–H and O–H groups in total. The number of aryl methyl sites for hydroxylation is 1. The van der Waals surface area contributed by atoms with Crippen LogP contribution in [0.3, 0.4) is 0 Å². The van der Waals surface area contributed by atoms with Crippen LogP contribution in [-0.4, -0.2) is 29.0 Å². The van der Waals surface area contributed by atoms with E-state index in [4.69, 9.17) is 16.3 Å². The first kappa shape index (κ1) is 22.1. The van der Waals surface area contributed by atoms with Gasteiger partial charge < -0.3 is 15.0 Å². The molecule has 0 atom stereocenters. The van der Waals surface area contributed by atoms with E-state index in [0.29, 0.717) is 36.4 Å². The van der Waals surface area contributed by atoms with E-state index in [0.717, 1.165) is 30.6 Å². The Balaban J connectivity index is 1.35. The fourth-order valence-corrected chi connectivity index (χ4v) is 4.04. The van der Waals surface area contributed by atoms with E-state index in [1.807, 2.05) is 36.4 Å². The number of anilines is 1. The van der Waals surface area contributed by atoms with E-state index in [1.165, 1.54) is 5.56 Å². The molecule has 0 radical (unpaired) electrons. The Hall–Kier alpha value is -3.12. The average molecular weight is 451 g/mol. The number of piperidine rings is 1. The van der Waals surface area contributed by atoms with Crippen LogP contribution in [-0.2, 0) is 17.8 Å². The molecule has 166 valence electrons. The van der Waals surface area contributed by atoms with Crippen LogP contribution in [0.5, 0.6) is 11.6 Å². The minimum absolute atomic E-state index is 0.0311. The predicted molar refractivity (Wildman–Crippen MR) is 126 cm³/mol. The smallest absolute Gasteiger partial charge is 0.263 e. The fraction of sp³-hybridized carbons (Fsp3) is 0.320. The summed E-state index contributed by atoms with van der Waals surface area (Å²) in [6, 6.07) is 15.6. The largest absolute Gasteiger partial charge is 0.436 e. The molecule has 0 spiro atoms. The van der Waals surface area contributed by atoms with Crippen molar-refractivity contribution in [2.45, 2.75) is 32.7 Å². The number of nitrogens with one attached hydrogen (secondary N) is 1. The summed E-state index contributed by atoms with van der Waals surface area (Å²) in [4.78, 5) is 23.7. The van der Waals surface area contributed by atoms with Gasteiger partial charge in [0.2, 0.25) is 5.91 Å². The summed E-state index contributed by atoms with van der Waals surface area (Å²) in [6.07, 6.45) is 5.78. The summed E-state index contributed by atoms with van der Waals surface area (Å²) in [5.41, 5.74) is 2.18. The van der Waals surface area contributed by atoms with Crippen LogP contribution in [0, 0.1) is 5.92 Å². The lowest BCUT2D eigenvalue weighted by Gasteiger charge is -2.32. The molecule has 0 bridgehead atoms. The highest BCUT2D eigenvalue weighted by atomic mass is 35.5. The Kier molecular flexibility index (Phi) is 7.22. The van der Waals surface area contributed by atoms with Crippen LogP contribution in [0.2, 0.25) is 5.02 Å². The molecule has 0 aliphatic carbocycles. The Morgan fingerprint density at radius 3 is 2.53 bits per heavy atom. The zero-order chi connectivity index (χ0) is 22.3. The minimum atomic E-state index is -0.0311. The minimum Gasteiger partial charge on any atom is -0.436 e. The number of benzene rings is 2. The lowest BCUT2D eigenvalue weighted by Crippen LogP contribution is -2.40. The van der Waals surface area contributed by atoms with Crippen LogP contribution in [0.15, 0.2) is 60.9 Å². The van der Waals surface area contributed by atoms with Gasteiger partial charge in [-0.25, -0.2) is 9.97 Å². The molecule has 1 aliphatic heterocycles. The number of carbonyl (C=O) groups excluding carboxylic acids is 1. The zero-order valence-corrected chi connectivity index (χ0v) is 18.9. The van der Waals surface area contributed by atoms with E-state index in [2.05, 4.69) is 39.2 Å². The molecule has 0 saturated carbocycles. The highest BCUT2D eigenvalue weighted by molar-refractivity contribution is 6.31. The summed E-state index contributed by atoms with van der Waals surface area (Å²) in [6.45, 7) is 4.00. The average Bonchev–Trinajstić information content (AvgIpc) is 2.84. The second-order valence-corrected chi connectivity index (χ2v) is 8.26. The monoisotopic (exact) mass is 450 g/mol. The molecule has 2 aromatic carbocycles. The van der Waals surface area contributed by atoms with Gasteiger partial charge in [0, 0.05) is 43.0 Å². The molecule has 32 heavy (non-hydrogen) atoms. The van der Waals surface area contributed by atoms with Crippen LogP contribution >= 0.6 is 11.6 Å². The van der Waals surface area contributed by atoms with Crippen LogP contribution in [0.1, 0.15) is 30.9 Å². The second kappa shape index (κ2) is 10.5. The molecule has 1 amide bonds. The van der Waals surface area contributed by atoms with E-state index < -0.39 is 0 Å². The molecule has 1 saturated heterocycles. The molecule has 1 aliphatic rings. The number of rotatable bonds is 7. The van der Waals surface area contributed by atoms with Gasteiger partial charge in [0.1, 0.15) is 5.75 Å². The standard InChI is InChI=1S/C25H27ClN4O2/c1-2-18-7-9-21(10-8-18)32-25-23(27-13-14-28-25)30-15-11-19(12-16-30)24(31)29-17-20-5-3-4-6-22(20)26/h3-10,13-14,19H,2,11-12,15-17H2,1H3,(H,29,31).